The molecule has 0 aliphatic carbocycles. The second-order valence-electron chi connectivity index (χ2n) is 7.04. The van der Waals surface area contributed by atoms with Crippen LogP contribution in [0.5, 0.6) is 0 Å². The Bertz CT molecular complexity index is 1190. The lowest BCUT2D eigenvalue weighted by atomic mass is 9.99. The number of benzene rings is 3. The largest absolute Gasteiger partial charge is 0.295 e. The first-order valence-corrected chi connectivity index (χ1v) is 10.8. The molecule has 154 valence electrons. The molecule has 0 heterocycles. The highest BCUT2D eigenvalue weighted by atomic mass is 32.2. The van der Waals surface area contributed by atoms with Gasteiger partial charge >= 0.3 is 0 Å². The average Bonchev–Trinajstić information content (AvgIpc) is 2.72. The first-order chi connectivity index (χ1) is 14.2. The highest BCUT2D eigenvalue weighted by Gasteiger charge is 2.09. The van der Waals surface area contributed by atoms with E-state index >= 15 is 0 Å². The van der Waals surface area contributed by atoms with Crippen molar-refractivity contribution in [2.24, 2.45) is 10.2 Å². The maximum absolute atomic E-state index is 11.6. The maximum atomic E-state index is 11.6. The van der Waals surface area contributed by atoms with E-state index in [1.807, 2.05) is 49.4 Å². The molecule has 30 heavy (non-hydrogen) atoms. The van der Waals surface area contributed by atoms with Gasteiger partial charge in [-0.3, -0.25) is 9.35 Å². The van der Waals surface area contributed by atoms with Crippen LogP contribution in [-0.4, -0.2) is 18.8 Å². The number of carbonyl (C=O) groups excluding carboxylic acids is 1. The summed E-state index contributed by atoms with van der Waals surface area (Å²) in [6.45, 7) is 3.48. The summed E-state index contributed by atoms with van der Waals surface area (Å²) in [6, 6.07) is 21.0. The second-order valence-corrected chi connectivity index (χ2v) is 8.46. The number of carbonyl (C=O) groups is 1. The van der Waals surface area contributed by atoms with Crippen LogP contribution < -0.4 is 0 Å². The van der Waals surface area contributed by atoms with Crippen molar-refractivity contribution in [2.75, 3.05) is 0 Å². The summed E-state index contributed by atoms with van der Waals surface area (Å²) in [5, 5.41) is 8.47. The molecule has 3 aromatic carbocycles. The normalized spacial score (nSPS) is 12.8. The SMILES string of the molecule is CC(=O)c1cccc(Cc2cccc(C(C)N=Nc3ccc(S(=O)(=O)O)cc3)c2)c1. The van der Waals surface area contributed by atoms with Crippen molar-refractivity contribution in [1.82, 2.24) is 0 Å². The van der Waals surface area contributed by atoms with Crippen LogP contribution in [-0.2, 0) is 16.5 Å². The van der Waals surface area contributed by atoms with E-state index in [-0.39, 0.29) is 16.7 Å². The third-order valence-electron chi connectivity index (χ3n) is 4.66. The molecule has 0 aromatic heterocycles. The van der Waals surface area contributed by atoms with Gasteiger partial charge < -0.3 is 0 Å². The first-order valence-electron chi connectivity index (χ1n) is 9.39. The van der Waals surface area contributed by atoms with Crippen molar-refractivity contribution >= 4 is 21.6 Å². The Morgan fingerprint density at radius 1 is 0.967 bits per heavy atom. The minimum atomic E-state index is -4.22. The molecule has 1 N–H and O–H groups in total. The third-order valence-corrected chi connectivity index (χ3v) is 5.52. The lowest BCUT2D eigenvalue weighted by molar-refractivity contribution is 0.101. The smallest absolute Gasteiger partial charge is 0.294 e. The molecule has 0 fully saturated rings. The van der Waals surface area contributed by atoms with Gasteiger partial charge in [0.05, 0.1) is 16.6 Å². The second kappa shape index (κ2) is 9.11. The monoisotopic (exact) mass is 422 g/mol. The minimum absolute atomic E-state index is 0.0456. The van der Waals surface area contributed by atoms with Gasteiger partial charge in [-0.2, -0.15) is 18.6 Å². The topological polar surface area (TPSA) is 96.2 Å². The fourth-order valence-corrected chi connectivity index (χ4v) is 3.48. The molecule has 0 aliphatic heterocycles. The molecule has 0 spiro atoms. The van der Waals surface area contributed by atoms with Gasteiger partial charge in [0.2, 0.25) is 0 Å². The highest BCUT2D eigenvalue weighted by Crippen LogP contribution is 2.23. The third kappa shape index (κ3) is 5.68. The highest BCUT2D eigenvalue weighted by molar-refractivity contribution is 7.85. The molecule has 0 saturated carbocycles. The molecule has 1 atom stereocenters. The molecule has 3 aromatic rings. The molecule has 0 radical (unpaired) electrons. The molecule has 6 nitrogen and oxygen atoms in total. The van der Waals surface area contributed by atoms with Crippen molar-refractivity contribution in [3.05, 3.63) is 95.1 Å². The standard InChI is InChI=1S/C23H22N2O4S/c1-16(24-25-22-9-11-23(12-10-22)30(27,28)29)20-7-3-5-18(14-20)13-19-6-4-8-21(15-19)17(2)26/h3-12,14-16H,13H2,1-2H3,(H,27,28,29). The Morgan fingerprint density at radius 2 is 1.60 bits per heavy atom. The number of hydrogen-bond donors (Lipinski definition) is 1. The van der Waals surface area contributed by atoms with Crippen molar-refractivity contribution in [1.29, 1.82) is 0 Å². The lowest BCUT2D eigenvalue weighted by Gasteiger charge is -2.09. The molecular formula is C23H22N2O4S. The van der Waals surface area contributed by atoms with Gasteiger partial charge in [0.15, 0.2) is 5.78 Å². The predicted molar refractivity (Wildman–Crippen MR) is 115 cm³/mol. The van der Waals surface area contributed by atoms with Crippen molar-refractivity contribution in [3.63, 3.8) is 0 Å². The quantitative estimate of drug-likeness (QED) is 0.306. The number of nitrogens with zero attached hydrogens (tertiary/aromatic N) is 2. The zero-order valence-corrected chi connectivity index (χ0v) is 17.5. The van der Waals surface area contributed by atoms with E-state index in [1.165, 1.54) is 24.3 Å². The Morgan fingerprint density at radius 3 is 2.23 bits per heavy atom. The van der Waals surface area contributed by atoms with Crippen LogP contribution in [0.1, 0.15) is 46.9 Å². The van der Waals surface area contributed by atoms with Crippen LogP contribution in [0, 0.1) is 0 Å². The van der Waals surface area contributed by atoms with Crippen LogP contribution in [0.2, 0.25) is 0 Å². The van der Waals surface area contributed by atoms with Gasteiger partial charge in [-0.15, -0.1) is 0 Å². The van der Waals surface area contributed by atoms with E-state index in [2.05, 4.69) is 16.3 Å². The van der Waals surface area contributed by atoms with Crippen LogP contribution in [0.4, 0.5) is 5.69 Å². The molecule has 0 aliphatic rings. The summed E-state index contributed by atoms with van der Waals surface area (Å²) < 4.78 is 31.2. The lowest BCUT2D eigenvalue weighted by Crippen LogP contribution is -1.96. The van der Waals surface area contributed by atoms with Crippen LogP contribution >= 0.6 is 0 Å². The van der Waals surface area contributed by atoms with E-state index in [9.17, 15) is 13.2 Å². The molecule has 1 unspecified atom stereocenters. The van der Waals surface area contributed by atoms with E-state index in [0.29, 0.717) is 17.7 Å². The number of rotatable bonds is 7. The van der Waals surface area contributed by atoms with E-state index in [4.69, 9.17) is 4.55 Å². The fourth-order valence-electron chi connectivity index (χ4n) is 3.00. The summed E-state index contributed by atoms with van der Waals surface area (Å²) in [6.07, 6.45) is 0.704. The summed E-state index contributed by atoms with van der Waals surface area (Å²) >= 11 is 0. The minimum Gasteiger partial charge on any atom is -0.295 e. The fraction of sp³-hybridized carbons (Fsp3) is 0.174. The van der Waals surface area contributed by atoms with Gasteiger partial charge in [0.1, 0.15) is 0 Å². The van der Waals surface area contributed by atoms with E-state index in [1.54, 1.807) is 6.92 Å². The molecular weight excluding hydrogens is 400 g/mol. The Kier molecular flexibility index (Phi) is 6.54. The predicted octanol–water partition coefficient (Wildman–Crippen LogP) is 5.57. The first kappa shape index (κ1) is 21.5. The number of Topliss-reactive ketones (excluding diaryl/α,β-unsaturated/α-hetero) is 1. The van der Waals surface area contributed by atoms with E-state index in [0.717, 1.165) is 16.7 Å². The zero-order chi connectivity index (χ0) is 21.7. The number of azo groups is 1. The summed E-state index contributed by atoms with van der Waals surface area (Å²) in [7, 11) is -4.22. The summed E-state index contributed by atoms with van der Waals surface area (Å²) in [5.41, 5.74) is 4.35. The Hall–Kier alpha value is -3.16. The van der Waals surface area contributed by atoms with Crippen molar-refractivity contribution in [2.45, 2.75) is 31.2 Å². The van der Waals surface area contributed by atoms with Crippen molar-refractivity contribution < 1.29 is 17.8 Å². The van der Waals surface area contributed by atoms with Gasteiger partial charge in [-0.25, -0.2) is 0 Å². The number of hydrogen-bond acceptors (Lipinski definition) is 5. The van der Waals surface area contributed by atoms with Gasteiger partial charge in [-0.05, 0) is 67.3 Å². The van der Waals surface area contributed by atoms with E-state index < -0.39 is 10.1 Å². The Labute approximate surface area is 176 Å². The van der Waals surface area contributed by atoms with Gasteiger partial charge in [0, 0.05) is 5.56 Å². The average molecular weight is 423 g/mol. The summed E-state index contributed by atoms with van der Waals surface area (Å²) in [4.78, 5) is 11.4. The molecule has 0 bridgehead atoms. The van der Waals surface area contributed by atoms with Crippen LogP contribution in [0.15, 0.2) is 87.9 Å². The number of ketones is 1. The zero-order valence-electron chi connectivity index (χ0n) is 16.7. The summed E-state index contributed by atoms with van der Waals surface area (Å²) in [5.74, 6) is 0.0456. The van der Waals surface area contributed by atoms with Crippen LogP contribution in [0.3, 0.4) is 0 Å². The van der Waals surface area contributed by atoms with Crippen LogP contribution in [0.25, 0.3) is 0 Å². The van der Waals surface area contributed by atoms with Gasteiger partial charge in [-0.1, -0.05) is 42.5 Å². The Balaban J connectivity index is 1.73. The molecule has 3 rings (SSSR count). The van der Waals surface area contributed by atoms with Crippen molar-refractivity contribution in [3.8, 4) is 0 Å². The molecule has 0 amide bonds. The molecule has 0 saturated heterocycles. The maximum Gasteiger partial charge on any atom is 0.294 e. The molecule has 7 heteroatoms. The van der Waals surface area contributed by atoms with Gasteiger partial charge in [0.25, 0.3) is 10.1 Å².